The van der Waals surface area contributed by atoms with Gasteiger partial charge in [0.1, 0.15) is 23.1 Å². The summed E-state index contributed by atoms with van der Waals surface area (Å²) in [6, 6.07) is 16.3. The summed E-state index contributed by atoms with van der Waals surface area (Å²) in [5.74, 6) is 1.15. The quantitative estimate of drug-likeness (QED) is 0.289. The number of benzene rings is 1. The molecular weight excluding hydrogens is 471 g/mol. The number of fused-ring (bicyclic) bond motifs is 1. The maximum atomic E-state index is 13.9. The molecule has 0 saturated carbocycles. The third kappa shape index (κ3) is 4.82. The Balaban J connectivity index is 1.24. The molecule has 5 heterocycles. The average Bonchev–Trinajstić information content (AvgIpc) is 3.60. The molecule has 8 nitrogen and oxygen atoms in total. The Morgan fingerprint density at radius 3 is 2.76 bits per heavy atom. The largest absolute Gasteiger partial charge is 0.378 e. The molecule has 0 amide bonds. The number of imidazole rings is 1. The van der Waals surface area contributed by atoms with Crippen LogP contribution >= 0.6 is 0 Å². The summed E-state index contributed by atoms with van der Waals surface area (Å²) < 4.78 is 20.9. The number of pyridine rings is 1. The molecule has 2 saturated heterocycles. The third-order valence-electron chi connectivity index (χ3n) is 6.88. The van der Waals surface area contributed by atoms with Crippen LogP contribution in [-0.2, 0) is 4.74 Å². The Kier molecular flexibility index (Phi) is 6.36. The van der Waals surface area contributed by atoms with Gasteiger partial charge in [0.05, 0.1) is 31.1 Å². The van der Waals surface area contributed by atoms with Gasteiger partial charge in [0.15, 0.2) is 5.65 Å². The minimum Gasteiger partial charge on any atom is -0.378 e. The van der Waals surface area contributed by atoms with Crippen molar-refractivity contribution in [2.75, 3.05) is 42.6 Å². The van der Waals surface area contributed by atoms with Gasteiger partial charge in [-0.2, -0.15) is 0 Å². The number of carbonyl (C=O) groups is 1. The lowest BCUT2D eigenvalue weighted by Crippen LogP contribution is -2.36. The number of morpholine rings is 1. The third-order valence-corrected chi connectivity index (χ3v) is 6.88. The lowest BCUT2D eigenvalue weighted by molar-refractivity contribution is 0.104. The van der Waals surface area contributed by atoms with Crippen LogP contribution in [0, 0.1) is 5.82 Å². The molecule has 6 rings (SSSR count). The highest BCUT2D eigenvalue weighted by atomic mass is 19.1. The van der Waals surface area contributed by atoms with Gasteiger partial charge in [-0.1, -0.05) is 18.2 Å². The van der Waals surface area contributed by atoms with Crippen LogP contribution in [0.5, 0.6) is 0 Å². The first-order chi connectivity index (χ1) is 18.2. The van der Waals surface area contributed by atoms with Crippen molar-refractivity contribution in [3.63, 3.8) is 0 Å². The van der Waals surface area contributed by atoms with Crippen LogP contribution in [0.4, 0.5) is 16.0 Å². The molecule has 0 bridgehead atoms. The molecule has 0 aliphatic carbocycles. The van der Waals surface area contributed by atoms with E-state index < -0.39 is 0 Å². The average molecular weight is 499 g/mol. The molecule has 2 aliphatic heterocycles. The van der Waals surface area contributed by atoms with Crippen molar-refractivity contribution in [3.05, 3.63) is 89.6 Å². The SMILES string of the molecule is O=C(/C=C/c1cccc(N2CCOCC2)n1)c1cnc2ccc(N3CCC[C@@H]3c3cccc(F)c3)nn12. The Morgan fingerprint density at radius 1 is 1.03 bits per heavy atom. The first kappa shape index (κ1) is 23.3. The highest BCUT2D eigenvalue weighted by molar-refractivity contribution is 6.05. The molecule has 0 N–H and O–H groups in total. The standard InChI is InChI=1S/C28H27FN6O2/c29-21-5-1-4-20(18-21)23-7-3-13-34(23)28-12-11-26-30-19-24(35(26)32-28)25(36)10-9-22-6-2-8-27(31-22)33-14-16-37-17-15-33/h1-2,4-6,8-12,18-19,23H,3,7,13-17H2/b10-9+/t23-/m1/s1. The molecule has 1 aromatic carbocycles. The lowest BCUT2D eigenvalue weighted by Gasteiger charge is -2.27. The van der Waals surface area contributed by atoms with Crippen LogP contribution < -0.4 is 9.80 Å². The summed E-state index contributed by atoms with van der Waals surface area (Å²) in [5, 5.41) is 4.76. The molecule has 37 heavy (non-hydrogen) atoms. The summed E-state index contributed by atoms with van der Waals surface area (Å²) in [5.41, 5.74) is 2.60. The van der Waals surface area contributed by atoms with Gasteiger partial charge in [-0.3, -0.25) is 4.79 Å². The topological polar surface area (TPSA) is 75.9 Å². The summed E-state index contributed by atoms with van der Waals surface area (Å²) >= 11 is 0. The van der Waals surface area contributed by atoms with Crippen molar-refractivity contribution >= 4 is 29.1 Å². The number of halogens is 1. The fraction of sp³-hybridized carbons (Fsp3) is 0.286. The van der Waals surface area contributed by atoms with E-state index in [2.05, 4.69) is 19.8 Å². The van der Waals surface area contributed by atoms with Gasteiger partial charge >= 0.3 is 0 Å². The van der Waals surface area contributed by atoms with Gasteiger partial charge in [-0.05, 0) is 67.0 Å². The van der Waals surface area contributed by atoms with Crippen molar-refractivity contribution in [3.8, 4) is 0 Å². The number of hydrogen-bond donors (Lipinski definition) is 0. The van der Waals surface area contributed by atoms with Crippen molar-refractivity contribution in [2.45, 2.75) is 18.9 Å². The molecule has 0 radical (unpaired) electrons. The van der Waals surface area contributed by atoms with Crippen LogP contribution in [-0.4, -0.2) is 58.2 Å². The molecule has 4 aromatic rings. The Morgan fingerprint density at radius 2 is 1.89 bits per heavy atom. The lowest BCUT2D eigenvalue weighted by atomic mass is 10.0. The Hall–Kier alpha value is -4.11. The minimum atomic E-state index is -0.244. The fourth-order valence-electron chi connectivity index (χ4n) is 5.03. The first-order valence-corrected chi connectivity index (χ1v) is 12.5. The van der Waals surface area contributed by atoms with E-state index in [1.807, 2.05) is 36.4 Å². The minimum absolute atomic E-state index is 0.0352. The van der Waals surface area contributed by atoms with E-state index in [4.69, 9.17) is 9.84 Å². The number of ether oxygens (including phenoxy) is 1. The highest BCUT2D eigenvalue weighted by Crippen LogP contribution is 2.35. The Labute approximate surface area is 214 Å². The number of carbonyl (C=O) groups excluding carboxylic acids is 1. The van der Waals surface area contributed by atoms with Crippen LogP contribution in [0.15, 0.2) is 66.9 Å². The summed E-state index contributed by atoms with van der Waals surface area (Å²) in [7, 11) is 0. The number of anilines is 2. The number of nitrogens with zero attached hydrogens (tertiary/aromatic N) is 6. The van der Waals surface area contributed by atoms with Crippen LogP contribution in [0.2, 0.25) is 0 Å². The zero-order chi connectivity index (χ0) is 25.2. The maximum absolute atomic E-state index is 13.9. The number of allylic oxidation sites excluding steroid dienone is 1. The van der Waals surface area contributed by atoms with Gasteiger partial charge in [0, 0.05) is 19.6 Å². The van der Waals surface area contributed by atoms with Crippen molar-refractivity contribution in [2.24, 2.45) is 0 Å². The molecule has 0 spiro atoms. The molecule has 188 valence electrons. The van der Waals surface area contributed by atoms with Crippen molar-refractivity contribution in [1.29, 1.82) is 0 Å². The van der Waals surface area contributed by atoms with Crippen molar-refractivity contribution in [1.82, 2.24) is 19.6 Å². The number of ketones is 1. The second-order valence-corrected chi connectivity index (χ2v) is 9.23. The molecular formula is C28H27FN6O2. The number of rotatable bonds is 6. The maximum Gasteiger partial charge on any atom is 0.205 e. The van der Waals surface area contributed by atoms with Gasteiger partial charge < -0.3 is 14.5 Å². The van der Waals surface area contributed by atoms with Crippen LogP contribution in [0.3, 0.4) is 0 Å². The van der Waals surface area contributed by atoms with E-state index in [0.717, 1.165) is 49.7 Å². The van der Waals surface area contributed by atoms with Crippen LogP contribution in [0.1, 0.15) is 40.6 Å². The van der Waals surface area contributed by atoms with E-state index in [0.29, 0.717) is 30.2 Å². The smallest absolute Gasteiger partial charge is 0.205 e. The van der Waals surface area contributed by atoms with Crippen molar-refractivity contribution < 1.29 is 13.9 Å². The molecule has 3 aromatic heterocycles. The van der Waals surface area contributed by atoms with E-state index in [9.17, 15) is 9.18 Å². The zero-order valence-corrected chi connectivity index (χ0v) is 20.3. The van der Waals surface area contributed by atoms with E-state index in [-0.39, 0.29) is 17.6 Å². The predicted molar refractivity (Wildman–Crippen MR) is 139 cm³/mol. The summed E-state index contributed by atoms with van der Waals surface area (Å²) in [4.78, 5) is 26.5. The normalized spacial score (nSPS) is 18.2. The second kappa shape index (κ2) is 10.1. The number of aromatic nitrogens is 4. The molecule has 1 atom stereocenters. The molecule has 2 aliphatic rings. The summed E-state index contributed by atoms with van der Waals surface area (Å²) in [6.07, 6.45) is 6.67. The van der Waals surface area contributed by atoms with E-state index in [1.165, 1.54) is 12.1 Å². The zero-order valence-electron chi connectivity index (χ0n) is 20.3. The number of hydrogen-bond acceptors (Lipinski definition) is 7. The van der Waals surface area contributed by atoms with Gasteiger partial charge in [0.2, 0.25) is 5.78 Å². The highest BCUT2D eigenvalue weighted by Gasteiger charge is 2.28. The fourth-order valence-corrected chi connectivity index (χ4v) is 5.03. The van der Waals surface area contributed by atoms with Gasteiger partial charge in [-0.25, -0.2) is 18.9 Å². The molecule has 2 fully saturated rings. The summed E-state index contributed by atoms with van der Waals surface area (Å²) in [6.45, 7) is 3.77. The first-order valence-electron chi connectivity index (χ1n) is 12.5. The molecule has 0 unspecified atom stereocenters. The predicted octanol–water partition coefficient (Wildman–Crippen LogP) is 4.34. The monoisotopic (exact) mass is 498 g/mol. The second-order valence-electron chi connectivity index (χ2n) is 9.23. The molecule has 9 heteroatoms. The van der Waals surface area contributed by atoms with Gasteiger partial charge in [-0.15, -0.1) is 5.10 Å². The van der Waals surface area contributed by atoms with E-state index >= 15 is 0 Å². The Bertz CT molecular complexity index is 1460. The van der Waals surface area contributed by atoms with E-state index in [1.54, 1.807) is 28.9 Å². The van der Waals surface area contributed by atoms with Gasteiger partial charge in [0.25, 0.3) is 0 Å². The van der Waals surface area contributed by atoms with Crippen LogP contribution in [0.25, 0.3) is 11.7 Å².